The molecule has 0 bridgehead atoms. The van der Waals surface area contributed by atoms with Gasteiger partial charge in [-0.2, -0.15) is 0 Å². The number of rotatable bonds is 5. The number of amides is 1. The molecule has 2 aromatic carbocycles. The molecular weight excluding hydrogens is 250 g/mol. The highest BCUT2D eigenvalue weighted by Gasteiger charge is 2.14. The molecule has 0 fully saturated rings. The lowest BCUT2D eigenvalue weighted by Crippen LogP contribution is -2.28. The third-order valence-electron chi connectivity index (χ3n) is 3.21. The number of phenolic OH excluding ortho intramolecular Hbond substituents is 1. The smallest absolute Gasteiger partial charge is 0.251 e. The second-order valence-corrected chi connectivity index (χ2v) is 4.77. The van der Waals surface area contributed by atoms with Gasteiger partial charge < -0.3 is 10.4 Å². The van der Waals surface area contributed by atoms with E-state index in [0.717, 1.165) is 18.4 Å². The maximum atomic E-state index is 12.2. The van der Waals surface area contributed by atoms with E-state index in [-0.39, 0.29) is 17.7 Å². The van der Waals surface area contributed by atoms with Gasteiger partial charge in [-0.05, 0) is 36.2 Å². The Labute approximate surface area is 119 Å². The molecule has 20 heavy (non-hydrogen) atoms. The molecule has 3 nitrogen and oxygen atoms in total. The molecule has 2 rings (SSSR count). The fourth-order valence-corrected chi connectivity index (χ4v) is 2.15. The summed E-state index contributed by atoms with van der Waals surface area (Å²) in [6.07, 6.45) is 1.89. The van der Waals surface area contributed by atoms with Crippen LogP contribution in [0.1, 0.15) is 41.7 Å². The Morgan fingerprint density at radius 2 is 1.75 bits per heavy atom. The summed E-state index contributed by atoms with van der Waals surface area (Å²) in [6, 6.07) is 16.3. The Morgan fingerprint density at radius 1 is 1.10 bits per heavy atom. The molecule has 0 heterocycles. The van der Waals surface area contributed by atoms with E-state index >= 15 is 0 Å². The fraction of sp³-hybridized carbons (Fsp3) is 0.235. The number of aromatic hydroxyl groups is 1. The van der Waals surface area contributed by atoms with Gasteiger partial charge in [-0.15, -0.1) is 0 Å². The van der Waals surface area contributed by atoms with Crippen LogP contribution in [0.2, 0.25) is 0 Å². The number of nitrogens with one attached hydrogen (secondary N) is 1. The molecule has 0 aliphatic carbocycles. The molecule has 0 saturated heterocycles. The van der Waals surface area contributed by atoms with E-state index in [1.54, 1.807) is 12.1 Å². The van der Waals surface area contributed by atoms with Crippen molar-refractivity contribution in [3.05, 3.63) is 65.7 Å². The number of carbonyl (C=O) groups excluding carboxylic acids is 1. The maximum Gasteiger partial charge on any atom is 0.251 e. The van der Waals surface area contributed by atoms with Crippen molar-refractivity contribution < 1.29 is 9.90 Å². The molecule has 0 spiro atoms. The molecular formula is C17H19NO2. The van der Waals surface area contributed by atoms with E-state index in [1.165, 1.54) is 12.1 Å². The molecule has 0 radical (unpaired) electrons. The summed E-state index contributed by atoms with van der Waals surface area (Å²) in [6.45, 7) is 2.10. The predicted octanol–water partition coefficient (Wildman–Crippen LogP) is 3.66. The highest BCUT2D eigenvalue weighted by Crippen LogP contribution is 2.19. The van der Waals surface area contributed by atoms with E-state index in [1.807, 2.05) is 30.3 Å². The zero-order chi connectivity index (χ0) is 14.4. The van der Waals surface area contributed by atoms with Gasteiger partial charge in [0.15, 0.2) is 0 Å². The lowest BCUT2D eigenvalue weighted by molar-refractivity contribution is 0.0934. The van der Waals surface area contributed by atoms with Gasteiger partial charge in [0.2, 0.25) is 0 Å². The van der Waals surface area contributed by atoms with E-state index < -0.39 is 0 Å². The van der Waals surface area contributed by atoms with Crippen molar-refractivity contribution in [1.82, 2.24) is 5.32 Å². The number of benzene rings is 2. The summed E-state index contributed by atoms with van der Waals surface area (Å²) >= 11 is 0. The third-order valence-corrected chi connectivity index (χ3v) is 3.21. The Kier molecular flexibility index (Phi) is 4.77. The van der Waals surface area contributed by atoms with E-state index in [2.05, 4.69) is 12.2 Å². The van der Waals surface area contributed by atoms with Gasteiger partial charge in [-0.1, -0.05) is 43.7 Å². The molecule has 0 aromatic heterocycles. The average molecular weight is 269 g/mol. The van der Waals surface area contributed by atoms with Crippen molar-refractivity contribution in [3.63, 3.8) is 0 Å². The van der Waals surface area contributed by atoms with Crippen LogP contribution in [0.15, 0.2) is 54.6 Å². The quantitative estimate of drug-likeness (QED) is 0.870. The lowest BCUT2D eigenvalue weighted by Gasteiger charge is -2.18. The number of phenols is 1. The molecule has 104 valence electrons. The second kappa shape index (κ2) is 6.75. The molecule has 2 aromatic rings. The lowest BCUT2D eigenvalue weighted by atomic mass is 10.0. The van der Waals surface area contributed by atoms with Crippen molar-refractivity contribution in [1.29, 1.82) is 0 Å². The van der Waals surface area contributed by atoms with Crippen molar-refractivity contribution in [3.8, 4) is 5.75 Å². The zero-order valence-electron chi connectivity index (χ0n) is 11.5. The number of hydrogen-bond donors (Lipinski definition) is 2. The minimum Gasteiger partial charge on any atom is -0.508 e. The highest BCUT2D eigenvalue weighted by atomic mass is 16.3. The Balaban J connectivity index is 2.12. The molecule has 0 saturated carbocycles. The molecule has 1 atom stereocenters. The van der Waals surface area contributed by atoms with Crippen LogP contribution in [0, 0.1) is 0 Å². The van der Waals surface area contributed by atoms with Crippen molar-refractivity contribution in [2.45, 2.75) is 25.8 Å². The largest absolute Gasteiger partial charge is 0.508 e. The fourth-order valence-electron chi connectivity index (χ4n) is 2.15. The Hall–Kier alpha value is -2.29. The van der Waals surface area contributed by atoms with Crippen LogP contribution in [0.5, 0.6) is 5.75 Å². The summed E-state index contributed by atoms with van der Waals surface area (Å²) in [5.74, 6) is 0.0435. The predicted molar refractivity (Wildman–Crippen MR) is 79.7 cm³/mol. The standard InChI is InChI=1S/C17H19NO2/c1-2-6-16(13-7-4-3-5-8-13)18-17(20)14-9-11-15(19)12-10-14/h3-5,7-12,16,19H,2,6H2,1H3,(H,18,20)/t16-/m1/s1. The topological polar surface area (TPSA) is 49.3 Å². The van der Waals surface area contributed by atoms with E-state index in [0.29, 0.717) is 5.56 Å². The van der Waals surface area contributed by atoms with Crippen LogP contribution in [-0.4, -0.2) is 11.0 Å². The van der Waals surface area contributed by atoms with Crippen LogP contribution in [0.25, 0.3) is 0 Å². The SMILES string of the molecule is CCC[C@@H](NC(=O)c1ccc(O)cc1)c1ccccc1. The summed E-state index contributed by atoms with van der Waals surface area (Å²) in [5, 5.41) is 12.3. The first-order valence-electron chi connectivity index (χ1n) is 6.85. The molecule has 0 aliphatic rings. The molecule has 2 N–H and O–H groups in total. The van der Waals surface area contributed by atoms with Crippen molar-refractivity contribution >= 4 is 5.91 Å². The van der Waals surface area contributed by atoms with Gasteiger partial charge in [0.05, 0.1) is 6.04 Å². The minimum atomic E-state index is -0.118. The highest BCUT2D eigenvalue weighted by molar-refractivity contribution is 5.94. The van der Waals surface area contributed by atoms with Crippen LogP contribution in [0.4, 0.5) is 0 Å². The Morgan fingerprint density at radius 3 is 2.35 bits per heavy atom. The molecule has 1 amide bonds. The van der Waals surface area contributed by atoms with Gasteiger partial charge in [-0.3, -0.25) is 4.79 Å². The minimum absolute atomic E-state index is 0.0162. The van der Waals surface area contributed by atoms with Gasteiger partial charge >= 0.3 is 0 Å². The monoisotopic (exact) mass is 269 g/mol. The summed E-state index contributed by atoms with van der Waals surface area (Å²) in [5.41, 5.74) is 1.67. The third kappa shape index (κ3) is 3.60. The summed E-state index contributed by atoms with van der Waals surface area (Å²) in [7, 11) is 0. The number of hydrogen-bond acceptors (Lipinski definition) is 2. The first kappa shape index (κ1) is 14.1. The first-order valence-corrected chi connectivity index (χ1v) is 6.85. The van der Waals surface area contributed by atoms with Crippen LogP contribution in [0.3, 0.4) is 0 Å². The molecule has 3 heteroatoms. The second-order valence-electron chi connectivity index (χ2n) is 4.77. The maximum absolute atomic E-state index is 12.2. The Bertz CT molecular complexity index is 549. The summed E-state index contributed by atoms with van der Waals surface area (Å²) < 4.78 is 0. The van der Waals surface area contributed by atoms with Gasteiger partial charge in [0, 0.05) is 5.56 Å². The van der Waals surface area contributed by atoms with Crippen molar-refractivity contribution in [2.75, 3.05) is 0 Å². The number of carbonyl (C=O) groups is 1. The summed E-state index contributed by atoms with van der Waals surface area (Å²) in [4.78, 5) is 12.2. The normalized spacial score (nSPS) is 11.8. The van der Waals surface area contributed by atoms with Gasteiger partial charge in [0.25, 0.3) is 5.91 Å². The van der Waals surface area contributed by atoms with Gasteiger partial charge in [-0.25, -0.2) is 0 Å². The van der Waals surface area contributed by atoms with Gasteiger partial charge in [0.1, 0.15) is 5.75 Å². The van der Waals surface area contributed by atoms with Crippen molar-refractivity contribution in [2.24, 2.45) is 0 Å². The van der Waals surface area contributed by atoms with E-state index in [9.17, 15) is 9.90 Å². The molecule has 0 aliphatic heterocycles. The van der Waals surface area contributed by atoms with Crippen LogP contribution < -0.4 is 5.32 Å². The zero-order valence-corrected chi connectivity index (χ0v) is 11.5. The average Bonchev–Trinajstić information content (AvgIpc) is 2.48. The molecule has 0 unspecified atom stereocenters. The van der Waals surface area contributed by atoms with Crippen LogP contribution in [-0.2, 0) is 0 Å². The first-order chi connectivity index (χ1) is 9.70. The van der Waals surface area contributed by atoms with Crippen LogP contribution >= 0.6 is 0 Å². The van der Waals surface area contributed by atoms with E-state index in [4.69, 9.17) is 0 Å².